The van der Waals surface area contributed by atoms with Crippen molar-refractivity contribution in [1.82, 2.24) is 9.97 Å². The Balaban J connectivity index is 1.11. The molecule has 0 fully saturated rings. The van der Waals surface area contributed by atoms with E-state index < -0.39 is 0 Å². The van der Waals surface area contributed by atoms with Gasteiger partial charge in [-0.15, -0.1) is 0 Å². The van der Waals surface area contributed by atoms with Crippen LogP contribution in [0.25, 0.3) is 89.2 Å². The summed E-state index contributed by atoms with van der Waals surface area (Å²) in [6.45, 7) is 0. The molecule has 0 amide bonds. The van der Waals surface area contributed by atoms with E-state index in [1.807, 2.05) is 42.5 Å². The van der Waals surface area contributed by atoms with Crippen molar-refractivity contribution >= 4 is 10.8 Å². The van der Waals surface area contributed by atoms with Gasteiger partial charge < -0.3 is 0 Å². The van der Waals surface area contributed by atoms with Crippen molar-refractivity contribution in [2.45, 2.75) is 0 Å². The average Bonchev–Trinajstić information content (AvgIpc) is 3.26. The van der Waals surface area contributed by atoms with Gasteiger partial charge in [0.05, 0.1) is 23.0 Å². The number of fused-ring (bicyclic) bond motifs is 1. The first-order valence-corrected chi connectivity index (χ1v) is 18.1. The van der Waals surface area contributed by atoms with Gasteiger partial charge in [-0.2, -0.15) is 5.26 Å². The minimum absolute atomic E-state index is 0.664. The maximum atomic E-state index is 9.18. The second kappa shape index (κ2) is 14.3. The van der Waals surface area contributed by atoms with Crippen molar-refractivity contribution in [3.63, 3.8) is 0 Å². The van der Waals surface area contributed by atoms with Crippen LogP contribution in [0.15, 0.2) is 200 Å². The van der Waals surface area contributed by atoms with Crippen LogP contribution in [0, 0.1) is 11.3 Å². The van der Waals surface area contributed by atoms with Crippen LogP contribution < -0.4 is 0 Å². The largest absolute Gasteiger partial charge is 0.227 e. The standard InChI is InChI=1S/C51H33N3/c52-34-35-20-22-36(23-21-35)37-24-26-38(27-25-37)44-32-33-45(47-19-11-10-18-46(44)47)39-28-30-43(31-29-39)51-53-49(41-14-6-2-7-15-41)48(40-12-4-1-5-13-40)50(54-51)42-16-8-3-9-17-42/h1-33H. The van der Waals surface area contributed by atoms with Crippen molar-refractivity contribution < 1.29 is 0 Å². The summed E-state index contributed by atoms with van der Waals surface area (Å²) in [7, 11) is 0. The highest BCUT2D eigenvalue weighted by atomic mass is 14.9. The summed E-state index contributed by atoms with van der Waals surface area (Å²) in [5.41, 5.74) is 14.5. The molecule has 0 aliphatic rings. The molecule has 3 nitrogen and oxygen atoms in total. The molecule has 1 heterocycles. The Morgan fingerprint density at radius 3 is 1.13 bits per heavy atom. The smallest absolute Gasteiger partial charge is 0.160 e. The molecular formula is C51H33N3. The molecule has 0 N–H and O–H groups in total. The summed E-state index contributed by atoms with van der Waals surface area (Å²) in [4.78, 5) is 10.6. The van der Waals surface area contributed by atoms with Gasteiger partial charge >= 0.3 is 0 Å². The number of nitriles is 1. The third kappa shape index (κ3) is 6.23. The van der Waals surface area contributed by atoms with Gasteiger partial charge in [0.2, 0.25) is 0 Å². The van der Waals surface area contributed by atoms with Crippen LogP contribution in [0.1, 0.15) is 5.56 Å². The predicted molar refractivity (Wildman–Crippen MR) is 222 cm³/mol. The first kappa shape index (κ1) is 32.5. The van der Waals surface area contributed by atoms with Gasteiger partial charge in [0.1, 0.15) is 0 Å². The Morgan fingerprint density at radius 1 is 0.315 bits per heavy atom. The fourth-order valence-electron chi connectivity index (χ4n) is 7.26. The van der Waals surface area contributed by atoms with E-state index in [1.54, 1.807) is 0 Å². The fraction of sp³-hybridized carbons (Fsp3) is 0. The molecule has 0 saturated carbocycles. The number of rotatable bonds is 7. The first-order chi connectivity index (χ1) is 26.7. The van der Waals surface area contributed by atoms with Gasteiger partial charge in [-0.05, 0) is 61.8 Å². The summed E-state index contributed by atoms with van der Waals surface area (Å²) in [5, 5.41) is 11.6. The summed E-state index contributed by atoms with van der Waals surface area (Å²) in [6.07, 6.45) is 0. The van der Waals surface area contributed by atoms with Crippen LogP contribution in [-0.2, 0) is 0 Å². The Hall–Kier alpha value is -7.41. The quantitative estimate of drug-likeness (QED) is 0.168. The van der Waals surface area contributed by atoms with Crippen LogP contribution >= 0.6 is 0 Å². The molecule has 3 heteroatoms. The number of hydrogen-bond acceptors (Lipinski definition) is 3. The predicted octanol–water partition coefficient (Wildman–Crippen LogP) is 13.2. The average molecular weight is 688 g/mol. The van der Waals surface area contributed by atoms with Crippen LogP contribution in [0.2, 0.25) is 0 Å². The molecule has 0 atom stereocenters. The van der Waals surface area contributed by atoms with Crippen molar-refractivity contribution in [3.05, 3.63) is 206 Å². The van der Waals surface area contributed by atoms with Crippen LogP contribution in [0.5, 0.6) is 0 Å². The summed E-state index contributed by atoms with van der Waals surface area (Å²) >= 11 is 0. The second-order valence-electron chi connectivity index (χ2n) is 13.3. The number of nitrogens with zero attached hydrogens (tertiary/aromatic N) is 3. The SMILES string of the molecule is N#Cc1ccc(-c2ccc(-c3ccc(-c4ccc(-c5nc(-c6ccccc6)c(-c6ccccc6)c(-c6ccccc6)n5)cc4)c4ccccc34)cc2)cc1. The number of benzene rings is 8. The summed E-state index contributed by atoms with van der Waals surface area (Å²) < 4.78 is 0. The molecule has 0 bridgehead atoms. The lowest BCUT2D eigenvalue weighted by molar-refractivity contribution is 1.18. The first-order valence-electron chi connectivity index (χ1n) is 18.1. The normalized spacial score (nSPS) is 10.9. The third-order valence-electron chi connectivity index (χ3n) is 9.99. The zero-order chi connectivity index (χ0) is 36.3. The monoisotopic (exact) mass is 687 g/mol. The van der Waals surface area contributed by atoms with Gasteiger partial charge in [-0.1, -0.05) is 188 Å². The zero-order valence-corrected chi connectivity index (χ0v) is 29.4. The fourth-order valence-corrected chi connectivity index (χ4v) is 7.26. The van der Waals surface area contributed by atoms with E-state index in [1.165, 1.54) is 21.9 Å². The second-order valence-corrected chi connectivity index (χ2v) is 13.3. The van der Waals surface area contributed by atoms with Crippen molar-refractivity contribution in [1.29, 1.82) is 5.26 Å². The lowest BCUT2D eigenvalue weighted by Crippen LogP contribution is -2.00. The van der Waals surface area contributed by atoms with Gasteiger partial charge in [-0.3, -0.25) is 0 Å². The van der Waals surface area contributed by atoms with Gasteiger partial charge in [0.15, 0.2) is 5.82 Å². The van der Waals surface area contributed by atoms with Gasteiger partial charge in [-0.25, -0.2) is 9.97 Å². The van der Waals surface area contributed by atoms with Crippen molar-refractivity contribution in [3.8, 4) is 84.5 Å². The van der Waals surface area contributed by atoms with Crippen molar-refractivity contribution in [2.75, 3.05) is 0 Å². The molecule has 54 heavy (non-hydrogen) atoms. The molecule has 0 radical (unpaired) electrons. The van der Waals surface area contributed by atoms with E-state index in [0.29, 0.717) is 11.4 Å². The summed E-state index contributed by atoms with van der Waals surface area (Å²) in [6, 6.07) is 71.5. The van der Waals surface area contributed by atoms with Gasteiger partial charge in [0.25, 0.3) is 0 Å². The molecule has 252 valence electrons. The Kier molecular flexibility index (Phi) is 8.61. The summed E-state index contributed by atoms with van der Waals surface area (Å²) in [5.74, 6) is 0.684. The minimum atomic E-state index is 0.664. The molecule has 0 saturated heterocycles. The number of aromatic nitrogens is 2. The molecule has 0 aliphatic heterocycles. The van der Waals surface area contributed by atoms with E-state index in [2.05, 4.69) is 164 Å². The van der Waals surface area contributed by atoms with E-state index >= 15 is 0 Å². The molecule has 9 rings (SSSR count). The molecular weight excluding hydrogens is 655 g/mol. The maximum Gasteiger partial charge on any atom is 0.160 e. The molecule has 8 aromatic carbocycles. The molecule has 9 aromatic rings. The maximum absolute atomic E-state index is 9.18. The molecule has 0 spiro atoms. The van der Waals surface area contributed by atoms with Gasteiger partial charge in [0, 0.05) is 22.3 Å². The Labute approximate surface area is 315 Å². The topological polar surface area (TPSA) is 49.6 Å². The molecule has 0 unspecified atom stereocenters. The van der Waals surface area contributed by atoms with Crippen LogP contribution in [0.4, 0.5) is 0 Å². The highest BCUT2D eigenvalue weighted by Gasteiger charge is 2.20. The highest BCUT2D eigenvalue weighted by molar-refractivity contribution is 6.05. The van der Waals surface area contributed by atoms with Crippen LogP contribution in [-0.4, -0.2) is 9.97 Å². The minimum Gasteiger partial charge on any atom is -0.227 e. The lowest BCUT2D eigenvalue weighted by atomic mass is 9.91. The third-order valence-corrected chi connectivity index (χ3v) is 9.99. The zero-order valence-electron chi connectivity index (χ0n) is 29.4. The Bertz CT molecular complexity index is 2710. The molecule has 0 aliphatic carbocycles. The van der Waals surface area contributed by atoms with E-state index in [9.17, 15) is 5.26 Å². The van der Waals surface area contributed by atoms with E-state index in [-0.39, 0.29) is 0 Å². The van der Waals surface area contributed by atoms with Crippen molar-refractivity contribution in [2.24, 2.45) is 0 Å². The van der Waals surface area contributed by atoms with E-state index in [4.69, 9.17) is 9.97 Å². The van der Waals surface area contributed by atoms with E-state index in [0.717, 1.165) is 61.5 Å². The number of hydrogen-bond donors (Lipinski definition) is 0. The Morgan fingerprint density at radius 2 is 0.685 bits per heavy atom. The highest BCUT2D eigenvalue weighted by Crippen LogP contribution is 2.41. The lowest BCUT2D eigenvalue weighted by Gasteiger charge is -2.17. The molecule has 1 aromatic heterocycles. The van der Waals surface area contributed by atoms with Crippen LogP contribution in [0.3, 0.4) is 0 Å².